The molecule has 16 heavy (non-hydrogen) atoms. The van der Waals surface area contributed by atoms with Crippen LogP contribution in [0.1, 0.15) is 5.69 Å². The molecule has 0 bridgehead atoms. The average molecular weight is 232 g/mol. The zero-order valence-electron chi connectivity index (χ0n) is 8.20. The predicted octanol–water partition coefficient (Wildman–Crippen LogP) is 2.30. The van der Waals surface area contributed by atoms with Crippen LogP contribution < -0.4 is 0 Å². The van der Waals surface area contributed by atoms with Gasteiger partial charge in [0.15, 0.2) is 0 Å². The largest absolute Gasteiger partial charge is 0.478 e. The molecule has 0 aromatic carbocycles. The Hall–Kier alpha value is -2.01. The van der Waals surface area contributed by atoms with Gasteiger partial charge in [-0.2, -0.15) is 0 Å². The Balaban J connectivity index is 2.23. The summed E-state index contributed by atoms with van der Waals surface area (Å²) in [5, 5.41) is 11.1. The van der Waals surface area contributed by atoms with Crippen molar-refractivity contribution >= 4 is 23.4 Å². The fourth-order valence-electron chi connectivity index (χ4n) is 1.14. The number of aliphatic carboxylic acids is 1. The molecule has 0 saturated heterocycles. The molecule has 2 heterocycles. The van der Waals surface area contributed by atoms with Crippen molar-refractivity contribution in [3.63, 3.8) is 0 Å². The number of rotatable bonds is 3. The van der Waals surface area contributed by atoms with E-state index in [9.17, 15) is 4.79 Å². The van der Waals surface area contributed by atoms with E-state index < -0.39 is 5.97 Å². The van der Waals surface area contributed by atoms with Gasteiger partial charge >= 0.3 is 5.97 Å². The Morgan fingerprint density at radius 2 is 2.38 bits per heavy atom. The van der Waals surface area contributed by atoms with Crippen LogP contribution in [0.5, 0.6) is 0 Å². The second-order valence-corrected chi connectivity index (χ2v) is 3.85. The van der Waals surface area contributed by atoms with Gasteiger partial charge in [0.1, 0.15) is 5.01 Å². The number of pyridine rings is 1. The van der Waals surface area contributed by atoms with Gasteiger partial charge in [-0.1, -0.05) is 0 Å². The molecule has 0 unspecified atom stereocenters. The van der Waals surface area contributed by atoms with E-state index in [4.69, 9.17) is 5.11 Å². The van der Waals surface area contributed by atoms with Crippen LogP contribution in [0, 0.1) is 0 Å². The molecule has 0 aliphatic carbocycles. The molecule has 80 valence electrons. The van der Waals surface area contributed by atoms with Crippen LogP contribution in [0.4, 0.5) is 0 Å². The Morgan fingerprint density at radius 3 is 3.06 bits per heavy atom. The summed E-state index contributed by atoms with van der Waals surface area (Å²) in [5.41, 5.74) is 1.58. The lowest BCUT2D eigenvalue weighted by Gasteiger charge is -1.92. The first-order valence-electron chi connectivity index (χ1n) is 4.52. The van der Waals surface area contributed by atoms with Gasteiger partial charge in [-0.15, -0.1) is 11.3 Å². The van der Waals surface area contributed by atoms with Gasteiger partial charge in [-0.05, 0) is 18.2 Å². The monoisotopic (exact) mass is 232 g/mol. The van der Waals surface area contributed by atoms with Crippen molar-refractivity contribution < 1.29 is 9.90 Å². The molecule has 1 N–H and O–H groups in total. The second-order valence-electron chi connectivity index (χ2n) is 2.99. The molecule has 0 atom stereocenters. The summed E-state index contributed by atoms with van der Waals surface area (Å²) >= 11 is 1.46. The standard InChI is InChI=1S/C11H8N2O2S/c14-10(15)4-3-9-7-16-11(13-9)8-2-1-5-12-6-8/h1-7H,(H,14,15)/b4-3+. The third-order valence-corrected chi connectivity index (χ3v) is 2.74. The van der Waals surface area contributed by atoms with E-state index in [2.05, 4.69) is 9.97 Å². The minimum absolute atomic E-state index is 0.645. The number of carbonyl (C=O) groups is 1. The van der Waals surface area contributed by atoms with Gasteiger partial charge in [-0.3, -0.25) is 4.98 Å². The fourth-order valence-corrected chi connectivity index (χ4v) is 1.92. The van der Waals surface area contributed by atoms with E-state index >= 15 is 0 Å². The lowest BCUT2D eigenvalue weighted by molar-refractivity contribution is -0.131. The second kappa shape index (κ2) is 4.67. The maximum absolute atomic E-state index is 10.3. The first-order chi connectivity index (χ1) is 7.75. The Bertz CT molecular complexity index is 520. The third-order valence-electron chi connectivity index (χ3n) is 1.83. The molecule has 2 aromatic heterocycles. The molecule has 0 spiro atoms. The number of hydrogen-bond acceptors (Lipinski definition) is 4. The Labute approximate surface area is 95.9 Å². The van der Waals surface area contributed by atoms with Crippen LogP contribution in [0.15, 0.2) is 36.0 Å². The molecule has 2 aromatic rings. The Morgan fingerprint density at radius 1 is 1.50 bits per heavy atom. The highest BCUT2D eigenvalue weighted by molar-refractivity contribution is 7.13. The molecule has 2 rings (SSSR count). The van der Waals surface area contributed by atoms with E-state index in [0.29, 0.717) is 5.69 Å². The maximum atomic E-state index is 10.3. The number of carboxylic acid groups (broad SMARTS) is 1. The van der Waals surface area contributed by atoms with E-state index in [1.807, 2.05) is 17.5 Å². The van der Waals surface area contributed by atoms with E-state index in [1.165, 1.54) is 17.4 Å². The van der Waals surface area contributed by atoms with Crippen LogP contribution in [0.25, 0.3) is 16.6 Å². The zero-order chi connectivity index (χ0) is 11.4. The average Bonchev–Trinajstić information content (AvgIpc) is 2.76. The topological polar surface area (TPSA) is 63.1 Å². The van der Waals surface area contributed by atoms with Crippen LogP contribution >= 0.6 is 11.3 Å². The molecule has 0 aliphatic rings. The van der Waals surface area contributed by atoms with Crippen molar-refractivity contribution in [1.29, 1.82) is 0 Å². The summed E-state index contributed by atoms with van der Waals surface area (Å²) in [5.74, 6) is -0.976. The summed E-state index contributed by atoms with van der Waals surface area (Å²) < 4.78 is 0. The molecule has 5 heteroatoms. The van der Waals surface area contributed by atoms with Crippen LogP contribution in [-0.4, -0.2) is 21.0 Å². The summed E-state index contributed by atoms with van der Waals surface area (Å²) in [4.78, 5) is 18.6. The van der Waals surface area contributed by atoms with Crippen molar-refractivity contribution in [2.24, 2.45) is 0 Å². The van der Waals surface area contributed by atoms with Gasteiger partial charge < -0.3 is 5.11 Å². The van der Waals surface area contributed by atoms with Gasteiger partial charge in [0.25, 0.3) is 0 Å². The van der Waals surface area contributed by atoms with Gasteiger partial charge in [0, 0.05) is 29.4 Å². The van der Waals surface area contributed by atoms with E-state index in [0.717, 1.165) is 16.6 Å². The molecule has 0 amide bonds. The third kappa shape index (κ3) is 2.52. The van der Waals surface area contributed by atoms with Crippen LogP contribution in [0.2, 0.25) is 0 Å². The highest BCUT2D eigenvalue weighted by atomic mass is 32.1. The number of hydrogen-bond donors (Lipinski definition) is 1. The quantitative estimate of drug-likeness (QED) is 0.825. The molecule has 0 fully saturated rings. The smallest absolute Gasteiger partial charge is 0.328 e. The number of aromatic nitrogens is 2. The first kappa shape index (κ1) is 10.5. The predicted molar refractivity (Wildman–Crippen MR) is 62.0 cm³/mol. The normalized spacial score (nSPS) is 10.8. The summed E-state index contributed by atoms with van der Waals surface area (Å²) in [7, 11) is 0. The van der Waals surface area contributed by atoms with Crippen molar-refractivity contribution in [2.45, 2.75) is 0 Å². The zero-order valence-corrected chi connectivity index (χ0v) is 9.02. The highest BCUT2D eigenvalue weighted by Gasteiger charge is 2.02. The molecule has 4 nitrogen and oxygen atoms in total. The van der Waals surface area contributed by atoms with Crippen LogP contribution in [-0.2, 0) is 4.79 Å². The van der Waals surface area contributed by atoms with Gasteiger partial charge in [0.05, 0.1) is 5.69 Å². The summed E-state index contributed by atoms with van der Waals surface area (Å²) in [6, 6.07) is 3.75. The number of carboxylic acids is 1. The first-order valence-corrected chi connectivity index (χ1v) is 5.40. The molecule has 0 radical (unpaired) electrons. The minimum Gasteiger partial charge on any atom is -0.478 e. The maximum Gasteiger partial charge on any atom is 0.328 e. The Kier molecular flexibility index (Phi) is 3.07. The lowest BCUT2D eigenvalue weighted by Crippen LogP contribution is -1.85. The minimum atomic E-state index is -0.976. The van der Waals surface area contributed by atoms with Crippen LogP contribution in [0.3, 0.4) is 0 Å². The van der Waals surface area contributed by atoms with E-state index in [1.54, 1.807) is 12.4 Å². The molecular formula is C11H8N2O2S. The number of thiazole rings is 1. The van der Waals surface area contributed by atoms with Crippen molar-refractivity contribution in [3.8, 4) is 10.6 Å². The molecule has 0 aliphatic heterocycles. The van der Waals surface area contributed by atoms with Crippen molar-refractivity contribution in [1.82, 2.24) is 9.97 Å². The molecule has 0 saturated carbocycles. The summed E-state index contributed by atoms with van der Waals surface area (Å²) in [6.45, 7) is 0. The SMILES string of the molecule is O=C(O)/C=C/c1csc(-c2cccnc2)n1. The fraction of sp³-hybridized carbons (Fsp3) is 0. The van der Waals surface area contributed by atoms with E-state index in [-0.39, 0.29) is 0 Å². The van der Waals surface area contributed by atoms with Crippen molar-refractivity contribution in [3.05, 3.63) is 41.7 Å². The van der Waals surface area contributed by atoms with Gasteiger partial charge in [0.2, 0.25) is 0 Å². The highest BCUT2D eigenvalue weighted by Crippen LogP contribution is 2.22. The lowest BCUT2D eigenvalue weighted by atomic mass is 10.3. The summed E-state index contributed by atoms with van der Waals surface area (Å²) in [6.07, 6.45) is 5.96. The van der Waals surface area contributed by atoms with Gasteiger partial charge in [-0.25, -0.2) is 9.78 Å². The molecular weight excluding hydrogens is 224 g/mol. The van der Waals surface area contributed by atoms with Crippen molar-refractivity contribution in [2.75, 3.05) is 0 Å². The number of nitrogens with zero attached hydrogens (tertiary/aromatic N) is 2.